The molecule has 0 N–H and O–H groups in total. The highest BCUT2D eigenvalue weighted by molar-refractivity contribution is 14.0. The SMILES string of the molecule is CCC(C)c1ccccc1N=C(SC)N(Cc1ccc(OC)cc1)Cc1ccc(OC)cc1.I. The van der Waals surface area contributed by atoms with Crippen LogP contribution in [0.5, 0.6) is 11.5 Å². The Morgan fingerprint density at radius 1 is 0.853 bits per heavy atom. The number of benzene rings is 3. The van der Waals surface area contributed by atoms with Gasteiger partial charge in [0.25, 0.3) is 0 Å². The van der Waals surface area contributed by atoms with Gasteiger partial charge in [-0.1, -0.05) is 68.1 Å². The fourth-order valence-corrected chi connectivity index (χ4v) is 4.25. The molecule has 0 saturated carbocycles. The van der Waals surface area contributed by atoms with E-state index in [9.17, 15) is 0 Å². The Morgan fingerprint density at radius 2 is 1.35 bits per heavy atom. The van der Waals surface area contributed by atoms with Gasteiger partial charge in [0.15, 0.2) is 5.17 Å². The molecule has 3 aromatic rings. The number of hydrogen-bond acceptors (Lipinski definition) is 4. The molecule has 0 aliphatic carbocycles. The van der Waals surface area contributed by atoms with Crippen molar-refractivity contribution in [3.05, 3.63) is 89.5 Å². The molecule has 1 unspecified atom stereocenters. The summed E-state index contributed by atoms with van der Waals surface area (Å²) in [4.78, 5) is 7.50. The summed E-state index contributed by atoms with van der Waals surface area (Å²) < 4.78 is 10.7. The monoisotopic (exact) mass is 590 g/mol. The molecule has 0 aliphatic heterocycles. The van der Waals surface area contributed by atoms with Gasteiger partial charge in [0.05, 0.1) is 19.9 Å². The topological polar surface area (TPSA) is 34.1 Å². The van der Waals surface area contributed by atoms with Gasteiger partial charge in [-0.2, -0.15) is 0 Å². The average molecular weight is 591 g/mol. The minimum Gasteiger partial charge on any atom is -0.497 e. The summed E-state index contributed by atoms with van der Waals surface area (Å²) in [7, 11) is 3.39. The molecule has 182 valence electrons. The van der Waals surface area contributed by atoms with Gasteiger partial charge in [-0.3, -0.25) is 0 Å². The van der Waals surface area contributed by atoms with E-state index in [1.54, 1.807) is 26.0 Å². The van der Waals surface area contributed by atoms with Gasteiger partial charge in [0, 0.05) is 13.1 Å². The van der Waals surface area contributed by atoms with Crippen LogP contribution in [0.15, 0.2) is 77.8 Å². The molecule has 4 nitrogen and oxygen atoms in total. The highest BCUT2D eigenvalue weighted by atomic mass is 127. The second kappa shape index (κ2) is 14.3. The van der Waals surface area contributed by atoms with E-state index in [0.29, 0.717) is 5.92 Å². The van der Waals surface area contributed by atoms with E-state index < -0.39 is 0 Å². The first kappa shape index (κ1) is 28.1. The number of hydrogen-bond donors (Lipinski definition) is 0. The minimum atomic E-state index is 0. The summed E-state index contributed by atoms with van der Waals surface area (Å²) in [5.41, 5.74) is 4.76. The van der Waals surface area contributed by atoms with E-state index >= 15 is 0 Å². The quantitative estimate of drug-likeness (QED) is 0.144. The molecule has 3 aromatic carbocycles. The van der Waals surface area contributed by atoms with Crippen molar-refractivity contribution in [2.24, 2.45) is 4.99 Å². The largest absolute Gasteiger partial charge is 0.497 e. The Labute approximate surface area is 225 Å². The molecule has 0 aliphatic rings. The number of amidine groups is 1. The lowest BCUT2D eigenvalue weighted by molar-refractivity contribution is 0.405. The van der Waals surface area contributed by atoms with Crippen LogP contribution in [0.25, 0.3) is 0 Å². The van der Waals surface area contributed by atoms with Gasteiger partial charge < -0.3 is 14.4 Å². The number of para-hydroxylation sites is 1. The molecule has 1 atom stereocenters. The number of ether oxygens (including phenoxy) is 2. The summed E-state index contributed by atoms with van der Waals surface area (Å²) >= 11 is 1.68. The maximum Gasteiger partial charge on any atom is 0.164 e. The predicted octanol–water partition coefficient (Wildman–Crippen LogP) is 7.89. The van der Waals surface area contributed by atoms with E-state index in [1.807, 2.05) is 24.3 Å². The van der Waals surface area contributed by atoms with Crippen LogP contribution in [0.4, 0.5) is 5.69 Å². The highest BCUT2D eigenvalue weighted by Crippen LogP contribution is 2.30. The van der Waals surface area contributed by atoms with Crippen molar-refractivity contribution in [2.45, 2.75) is 39.3 Å². The molecule has 0 heterocycles. The van der Waals surface area contributed by atoms with Crippen LogP contribution in [-0.4, -0.2) is 30.5 Å². The predicted molar refractivity (Wildman–Crippen MR) is 156 cm³/mol. The summed E-state index contributed by atoms with van der Waals surface area (Å²) in [6, 6.07) is 25.0. The van der Waals surface area contributed by atoms with Crippen molar-refractivity contribution in [3.8, 4) is 11.5 Å². The van der Waals surface area contributed by atoms with Crippen LogP contribution >= 0.6 is 35.7 Å². The van der Waals surface area contributed by atoms with Crippen LogP contribution in [0.2, 0.25) is 0 Å². The number of halogens is 1. The third kappa shape index (κ3) is 7.67. The first-order valence-corrected chi connectivity index (χ1v) is 12.5. The third-order valence-electron chi connectivity index (χ3n) is 5.81. The smallest absolute Gasteiger partial charge is 0.164 e. The number of rotatable bonds is 9. The second-order valence-electron chi connectivity index (χ2n) is 8.02. The van der Waals surface area contributed by atoms with Crippen LogP contribution in [-0.2, 0) is 13.1 Å². The van der Waals surface area contributed by atoms with Crippen molar-refractivity contribution < 1.29 is 9.47 Å². The zero-order valence-electron chi connectivity index (χ0n) is 20.7. The molecular formula is C28H35IN2O2S. The Hall–Kier alpha value is -2.19. The minimum absolute atomic E-state index is 0. The maximum atomic E-state index is 5.33. The van der Waals surface area contributed by atoms with E-state index in [4.69, 9.17) is 14.5 Å². The highest BCUT2D eigenvalue weighted by Gasteiger charge is 2.15. The van der Waals surface area contributed by atoms with Gasteiger partial charge in [-0.05, 0) is 65.6 Å². The van der Waals surface area contributed by atoms with Crippen molar-refractivity contribution in [2.75, 3.05) is 20.5 Å². The zero-order valence-corrected chi connectivity index (χ0v) is 23.8. The van der Waals surface area contributed by atoms with E-state index in [2.05, 4.69) is 73.5 Å². The number of methoxy groups -OCH3 is 2. The maximum absolute atomic E-state index is 5.33. The van der Waals surface area contributed by atoms with E-state index in [-0.39, 0.29) is 24.0 Å². The van der Waals surface area contributed by atoms with Crippen molar-refractivity contribution in [1.82, 2.24) is 4.90 Å². The fraction of sp³-hybridized carbons (Fsp3) is 0.321. The molecule has 0 fully saturated rings. The molecule has 34 heavy (non-hydrogen) atoms. The Balaban J connectivity index is 0.00000408. The Bertz CT molecular complexity index is 990. The molecule has 0 aromatic heterocycles. The lowest BCUT2D eigenvalue weighted by Crippen LogP contribution is -2.27. The van der Waals surface area contributed by atoms with Gasteiger partial charge in [0.1, 0.15) is 11.5 Å². The van der Waals surface area contributed by atoms with Crippen molar-refractivity contribution in [1.29, 1.82) is 0 Å². The van der Waals surface area contributed by atoms with Crippen LogP contribution in [0.1, 0.15) is 42.9 Å². The molecule has 0 radical (unpaired) electrons. The van der Waals surface area contributed by atoms with Gasteiger partial charge >= 0.3 is 0 Å². The lowest BCUT2D eigenvalue weighted by atomic mass is 9.97. The number of aliphatic imine (C=N–C) groups is 1. The van der Waals surface area contributed by atoms with Gasteiger partial charge in [-0.15, -0.1) is 24.0 Å². The second-order valence-corrected chi connectivity index (χ2v) is 8.79. The number of thioether (sulfide) groups is 1. The third-order valence-corrected chi connectivity index (χ3v) is 6.53. The van der Waals surface area contributed by atoms with Crippen LogP contribution in [0, 0.1) is 0 Å². The molecule has 0 spiro atoms. The summed E-state index contributed by atoms with van der Waals surface area (Å²) in [6.07, 6.45) is 3.18. The first-order chi connectivity index (χ1) is 16.1. The molecule has 3 rings (SSSR count). The Morgan fingerprint density at radius 3 is 1.79 bits per heavy atom. The molecule has 0 bridgehead atoms. The lowest BCUT2D eigenvalue weighted by Gasteiger charge is -2.26. The van der Waals surface area contributed by atoms with Crippen LogP contribution in [0.3, 0.4) is 0 Å². The van der Waals surface area contributed by atoms with Gasteiger partial charge in [-0.25, -0.2) is 4.99 Å². The summed E-state index contributed by atoms with van der Waals surface area (Å²) in [6.45, 7) is 5.99. The summed E-state index contributed by atoms with van der Waals surface area (Å²) in [5.74, 6) is 2.19. The average Bonchev–Trinajstić information content (AvgIpc) is 2.87. The van der Waals surface area contributed by atoms with Gasteiger partial charge in [0.2, 0.25) is 0 Å². The van der Waals surface area contributed by atoms with Crippen molar-refractivity contribution >= 4 is 46.6 Å². The Kier molecular flexibility index (Phi) is 11.8. The molecule has 0 amide bonds. The van der Waals surface area contributed by atoms with Crippen LogP contribution < -0.4 is 9.47 Å². The summed E-state index contributed by atoms with van der Waals surface area (Å²) in [5, 5.41) is 0.998. The zero-order chi connectivity index (χ0) is 23.6. The molecular weight excluding hydrogens is 555 g/mol. The molecule has 0 saturated heterocycles. The number of nitrogens with zero attached hydrogens (tertiary/aromatic N) is 2. The van der Waals surface area contributed by atoms with E-state index in [1.165, 1.54) is 16.7 Å². The van der Waals surface area contributed by atoms with E-state index in [0.717, 1.165) is 41.9 Å². The molecule has 6 heteroatoms. The standard InChI is InChI=1S/C28H34N2O2S.HI/c1-6-21(2)26-9-7-8-10-27(26)29-28(33-5)30(19-22-11-15-24(31-3)16-12-22)20-23-13-17-25(32-4)18-14-23;/h7-18,21H,6,19-20H2,1-5H3;1H. The normalized spacial score (nSPS) is 12.0. The first-order valence-electron chi connectivity index (χ1n) is 11.3. The van der Waals surface area contributed by atoms with Crippen molar-refractivity contribution in [3.63, 3.8) is 0 Å². The fourth-order valence-electron chi connectivity index (χ4n) is 3.67.